The molecule has 3 rings (SSSR count). The van der Waals surface area contributed by atoms with Gasteiger partial charge in [0.2, 0.25) is 5.91 Å². The summed E-state index contributed by atoms with van der Waals surface area (Å²) in [5.74, 6) is -0.288. The zero-order chi connectivity index (χ0) is 22.9. The number of hydrogen-bond donors (Lipinski definition) is 3. The summed E-state index contributed by atoms with van der Waals surface area (Å²) >= 11 is 0. The number of fused-ring (bicyclic) bond motifs is 3. The van der Waals surface area contributed by atoms with Gasteiger partial charge in [0.05, 0.1) is 19.8 Å². The quantitative estimate of drug-likeness (QED) is 0.440. The van der Waals surface area contributed by atoms with Crippen LogP contribution >= 0.6 is 0 Å². The van der Waals surface area contributed by atoms with E-state index in [0.29, 0.717) is 38.3 Å². The SMILES string of the molecule is COCCNC(=O)CCCc1ccc2c(c1)C(CO)c1cccc(C(=O)NCCOC)c1-2. The van der Waals surface area contributed by atoms with Gasteiger partial charge < -0.3 is 25.2 Å². The fourth-order valence-corrected chi connectivity index (χ4v) is 4.19. The predicted octanol–water partition coefficient (Wildman–Crippen LogP) is 2.25. The van der Waals surface area contributed by atoms with E-state index in [9.17, 15) is 14.7 Å². The smallest absolute Gasteiger partial charge is 0.252 e. The highest BCUT2D eigenvalue weighted by atomic mass is 16.5. The summed E-state index contributed by atoms with van der Waals surface area (Å²) < 4.78 is 9.96. The number of amides is 2. The number of carbonyl (C=O) groups is 2. The Labute approximate surface area is 189 Å². The molecule has 2 amide bonds. The maximum atomic E-state index is 12.8. The molecule has 1 atom stereocenters. The van der Waals surface area contributed by atoms with Crippen molar-refractivity contribution in [3.63, 3.8) is 0 Å². The highest BCUT2D eigenvalue weighted by Crippen LogP contribution is 2.46. The molecule has 0 radical (unpaired) electrons. The normalized spacial score (nSPS) is 14.0. The van der Waals surface area contributed by atoms with Gasteiger partial charge in [0.15, 0.2) is 0 Å². The molecule has 172 valence electrons. The predicted molar refractivity (Wildman–Crippen MR) is 123 cm³/mol. The monoisotopic (exact) mass is 440 g/mol. The summed E-state index contributed by atoms with van der Waals surface area (Å²) in [4.78, 5) is 24.7. The number of nitrogens with one attached hydrogen (secondary N) is 2. The fraction of sp³-hybridized carbons (Fsp3) is 0.440. The van der Waals surface area contributed by atoms with Crippen LogP contribution in [0.15, 0.2) is 36.4 Å². The van der Waals surface area contributed by atoms with Crippen LogP contribution in [-0.4, -0.2) is 64.1 Å². The van der Waals surface area contributed by atoms with Crippen molar-refractivity contribution in [3.05, 3.63) is 58.7 Å². The molecule has 0 spiro atoms. The second kappa shape index (κ2) is 11.8. The first-order valence-electron chi connectivity index (χ1n) is 11.0. The molecule has 0 saturated heterocycles. The largest absolute Gasteiger partial charge is 0.395 e. The first kappa shape index (κ1) is 23.9. The summed E-state index contributed by atoms with van der Waals surface area (Å²) in [6.45, 7) is 1.88. The summed E-state index contributed by atoms with van der Waals surface area (Å²) in [5, 5.41) is 15.8. The van der Waals surface area contributed by atoms with E-state index in [1.165, 1.54) is 0 Å². The molecular weight excluding hydrogens is 408 g/mol. The molecule has 32 heavy (non-hydrogen) atoms. The molecule has 0 aromatic heterocycles. The number of ether oxygens (including phenoxy) is 2. The topological polar surface area (TPSA) is 96.9 Å². The number of benzene rings is 2. The van der Waals surface area contributed by atoms with Crippen LogP contribution < -0.4 is 10.6 Å². The van der Waals surface area contributed by atoms with Gasteiger partial charge >= 0.3 is 0 Å². The third-order valence-corrected chi connectivity index (χ3v) is 5.75. The fourth-order valence-electron chi connectivity index (χ4n) is 4.19. The molecule has 0 saturated carbocycles. The average molecular weight is 441 g/mol. The molecule has 7 heteroatoms. The Morgan fingerprint density at radius 3 is 2.47 bits per heavy atom. The van der Waals surface area contributed by atoms with Gasteiger partial charge in [-0.05, 0) is 46.7 Å². The van der Waals surface area contributed by atoms with Gasteiger partial charge in [-0.2, -0.15) is 0 Å². The van der Waals surface area contributed by atoms with Crippen LogP contribution in [0.5, 0.6) is 0 Å². The van der Waals surface area contributed by atoms with Crippen LogP contribution in [0.2, 0.25) is 0 Å². The molecule has 1 unspecified atom stereocenters. The Kier molecular flexibility index (Phi) is 8.79. The summed E-state index contributed by atoms with van der Waals surface area (Å²) in [7, 11) is 3.20. The number of rotatable bonds is 12. The van der Waals surface area contributed by atoms with Crippen molar-refractivity contribution in [1.82, 2.24) is 10.6 Å². The van der Waals surface area contributed by atoms with Gasteiger partial charge in [-0.15, -0.1) is 0 Å². The molecule has 0 aliphatic heterocycles. The van der Waals surface area contributed by atoms with Crippen molar-refractivity contribution in [2.24, 2.45) is 0 Å². The Bertz CT molecular complexity index is 944. The number of hydrogen-bond acceptors (Lipinski definition) is 5. The number of carbonyl (C=O) groups excluding carboxylic acids is 2. The third-order valence-electron chi connectivity index (χ3n) is 5.75. The third kappa shape index (κ3) is 5.54. The lowest BCUT2D eigenvalue weighted by Gasteiger charge is -2.12. The van der Waals surface area contributed by atoms with E-state index in [4.69, 9.17) is 9.47 Å². The van der Waals surface area contributed by atoms with Gasteiger partial charge in [-0.3, -0.25) is 9.59 Å². The van der Waals surface area contributed by atoms with Gasteiger partial charge in [0.1, 0.15) is 0 Å². The van der Waals surface area contributed by atoms with Gasteiger partial charge in [0, 0.05) is 45.2 Å². The number of aryl methyl sites for hydroxylation is 1. The van der Waals surface area contributed by atoms with Gasteiger partial charge in [-0.1, -0.05) is 30.3 Å². The van der Waals surface area contributed by atoms with Crippen LogP contribution in [-0.2, 0) is 20.7 Å². The maximum Gasteiger partial charge on any atom is 0.252 e. The molecule has 2 aromatic rings. The highest BCUT2D eigenvalue weighted by molar-refractivity contribution is 6.03. The van der Waals surface area contributed by atoms with E-state index in [2.05, 4.69) is 16.7 Å². The van der Waals surface area contributed by atoms with Crippen molar-refractivity contribution < 1.29 is 24.2 Å². The number of aliphatic hydroxyl groups excluding tert-OH is 1. The van der Waals surface area contributed by atoms with Crippen LogP contribution in [0.3, 0.4) is 0 Å². The van der Waals surface area contributed by atoms with Crippen LogP contribution in [0, 0.1) is 0 Å². The van der Waals surface area contributed by atoms with Crippen molar-refractivity contribution in [2.75, 3.05) is 47.1 Å². The maximum absolute atomic E-state index is 12.8. The van der Waals surface area contributed by atoms with E-state index >= 15 is 0 Å². The molecule has 3 N–H and O–H groups in total. The van der Waals surface area contributed by atoms with E-state index in [-0.39, 0.29) is 24.3 Å². The van der Waals surface area contributed by atoms with Crippen molar-refractivity contribution in [1.29, 1.82) is 0 Å². The lowest BCUT2D eigenvalue weighted by Crippen LogP contribution is -2.27. The molecule has 1 aliphatic carbocycles. The van der Waals surface area contributed by atoms with Crippen LogP contribution in [0.1, 0.15) is 45.8 Å². The van der Waals surface area contributed by atoms with Crippen molar-refractivity contribution >= 4 is 11.8 Å². The van der Waals surface area contributed by atoms with E-state index in [0.717, 1.165) is 40.7 Å². The van der Waals surface area contributed by atoms with Crippen molar-refractivity contribution in [2.45, 2.75) is 25.2 Å². The number of aliphatic hydroxyl groups is 1. The first-order chi connectivity index (χ1) is 15.6. The van der Waals surface area contributed by atoms with Crippen molar-refractivity contribution in [3.8, 4) is 11.1 Å². The Morgan fingerprint density at radius 2 is 1.75 bits per heavy atom. The van der Waals surface area contributed by atoms with E-state index in [1.54, 1.807) is 14.2 Å². The highest BCUT2D eigenvalue weighted by Gasteiger charge is 2.31. The molecule has 0 fully saturated rings. The van der Waals surface area contributed by atoms with Gasteiger partial charge in [-0.25, -0.2) is 0 Å². The standard InChI is InChI=1S/C25H32N2O5/c1-31-13-11-26-23(29)8-3-5-17-9-10-19-21(15-17)22(16-28)18-6-4-7-20(24(18)19)25(30)27-12-14-32-2/h4,6-7,9-10,15,22,28H,3,5,8,11-14,16H2,1-2H3,(H,26,29)(H,27,30). The Balaban J connectivity index is 1.74. The summed E-state index contributed by atoms with van der Waals surface area (Å²) in [6.07, 6.45) is 1.96. The van der Waals surface area contributed by atoms with E-state index < -0.39 is 0 Å². The Morgan fingerprint density at radius 1 is 1.00 bits per heavy atom. The lowest BCUT2D eigenvalue weighted by molar-refractivity contribution is -0.121. The molecule has 7 nitrogen and oxygen atoms in total. The molecule has 1 aliphatic rings. The molecule has 2 aromatic carbocycles. The summed E-state index contributed by atoms with van der Waals surface area (Å²) in [6, 6.07) is 11.8. The second-order valence-electron chi connectivity index (χ2n) is 7.87. The van der Waals surface area contributed by atoms with Gasteiger partial charge in [0.25, 0.3) is 5.91 Å². The Hall–Kier alpha value is -2.74. The second-order valence-corrected chi connectivity index (χ2v) is 7.87. The molecular formula is C25H32N2O5. The first-order valence-corrected chi connectivity index (χ1v) is 11.0. The number of methoxy groups -OCH3 is 2. The zero-order valence-electron chi connectivity index (χ0n) is 18.8. The van der Waals surface area contributed by atoms with Crippen LogP contribution in [0.4, 0.5) is 0 Å². The molecule has 0 heterocycles. The lowest BCUT2D eigenvalue weighted by atomic mass is 9.95. The summed E-state index contributed by atoms with van der Waals surface area (Å²) in [5.41, 5.74) is 5.60. The molecule has 0 bridgehead atoms. The minimum Gasteiger partial charge on any atom is -0.395 e. The average Bonchev–Trinajstić information content (AvgIpc) is 3.12. The minimum absolute atomic E-state index is 0.0213. The zero-order valence-corrected chi connectivity index (χ0v) is 18.8. The van der Waals surface area contributed by atoms with Crippen LogP contribution in [0.25, 0.3) is 11.1 Å². The minimum atomic E-state index is -0.163. The van der Waals surface area contributed by atoms with E-state index in [1.807, 2.05) is 30.3 Å².